The lowest BCUT2D eigenvalue weighted by molar-refractivity contribution is 0.103. The third-order valence-corrected chi connectivity index (χ3v) is 8.37. The first-order valence-electron chi connectivity index (χ1n) is 14.6. The lowest BCUT2D eigenvalue weighted by Crippen LogP contribution is -2.35. The quantitative estimate of drug-likeness (QED) is 0.152. The van der Waals surface area contributed by atoms with Gasteiger partial charge in [0.25, 0.3) is 0 Å². The minimum atomic E-state index is -0.373. The molecule has 0 bridgehead atoms. The molecule has 1 heterocycles. The van der Waals surface area contributed by atoms with Gasteiger partial charge in [0.2, 0.25) is 0 Å². The number of aliphatic hydroxyl groups excluding tert-OH is 1. The molecule has 0 aromatic heterocycles. The summed E-state index contributed by atoms with van der Waals surface area (Å²) in [6.45, 7) is 5.81. The molecular formula is C34H41Cl2NO3. The van der Waals surface area contributed by atoms with Crippen molar-refractivity contribution < 1.29 is 14.6 Å². The van der Waals surface area contributed by atoms with E-state index in [0.717, 1.165) is 50.9 Å². The molecule has 214 valence electrons. The SMILES string of the molecule is CCCCCCCC(O)c1cccc(CN2CCC(COc3ccc(C(=O)c4ccc(Cl)cc4)c(Cl)c3)CC2)c1. The van der Waals surface area contributed by atoms with Gasteiger partial charge >= 0.3 is 0 Å². The van der Waals surface area contributed by atoms with Gasteiger partial charge in [-0.1, -0.05) is 86.5 Å². The summed E-state index contributed by atoms with van der Waals surface area (Å²) < 4.78 is 6.07. The Kier molecular flexibility index (Phi) is 11.9. The summed E-state index contributed by atoms with van der Waals surface area (Å²) in [5, 5.41) is 11.6. The minimum absolute atomic E-state index is 0.136. The molecule has 1 unspecified atom stereocenters. The maximum absolute atomic E-state index is 12.8. The van der Waals surface area contributed by atoms with E-state index in [1.807, 2.05) is 6.07 Å². The maximum atomic E-state index is 12.8. The van der Waals surface area contributed by atoms with Crippen molar-refractivity contribution in [3.63, 3.8) is 0 Å². The monoisotopic (exact) mass is 581 g/mol. The molecule has 0 amide bonds. The zero-order chi connectivity index (χ0) is 28.3. The Morgan fingerprint density at radius 1 is 0.975 bits per heavy atom. The molecule has 1 saturated heterocycles. The van der Waals surface area contributed by atoms with Gasteiger partial charge in [-0.15, -0.1) is 0 Å². The predicted molar refractivity (Wildman–Crippen MR) is 165 cm³/mol. The second kappa shape index (κ2) is 15.6. The van der Waals surface area contributed by atoms with Crippen molar-refractivity contribution in [1.82, 2.24) is 4.90 Å². The summed E-state index contributed by atoms with van der Waals surface area (Å²) in [6, 6.07) is 20.5. The highest BCUT2D eigenvalue weighted by molar-refractivity contribution is 6.35. The number of carbonyl (C=O) groups excluding carboxylic acids is 1. The van der Waals surface area contributed by atoms with Gasteiger partial charge in [0.1, 0.15) is 5.75 Å². The van der Waals surface area contributed by atoms with Crippen molar-refractivity contribution in [2.45, 2.75) is 70.9 Å². The van der Waals surface area contributed by atoms with Crippen molar-refractivity contribution >= 4 is 29.0 Å². The van der Waals surface area contributed by atoms with E-state index in [1.54, 1.807) is 36.4 Å². The molecule has 1 atom stereocenters. The molecule has 3 aromatic carbocycles. The van der Waals surface area contributed by atoms with E-state index in [1.165, 1.54) is 31.2 Å². The van der Waals surface area contributed by atoms with Crippen LogP contribution in [0.3, 0.4) is 0 Å². The average Bonchev–Trinajstić information content (AvgIpc) is 2.97. The number of carbonyl (C=O) groups is 1. The number of halogens is 2. The third-order valence-electron chi connectivity index (χ3n) is 7.81. The van der Waals surface area contributed by atoms with Gasteiger partial charge in [-0.3, -0.25) is 9.69 Å². The van der Waals surface area contributed by atoms with Crippen molar-refractivity contribution in [2.24, 2.45) is 5.92 Å². The van der Waals surface area contributed by atoms with E-state index in [-0.39, 0.29) is 11.9 Å². The second-order valence-electron chi connectivity index (χ2n) is 11.0. The number of hydrogen-bond acceptors (Lipinski definition) is 4. The van der Waals surface area contributed by atoms with Crippen molar-refractivity contribution in [2.75, 3.05) is 19.7 Å². The minimum Gasteiger partial charge on any atom is -0.493 e. The summed E-state index contributed by atoms with van der Waals surface area (Å²) in [7, 11) is 0. The first-order chi connectivity index (χ1) is 19.4. The standard InChI is InChI=1S/C34H41Cl2NO3/c1-2-3-4-5-6-10-33(38)28-9-7-8-26(21-28)23-37-19-17-25(18-20-37)24-40-30-15-16-31(32(36)22-30)34(39)27-11-13-29(35)14-12-27/h7-9,11-16,21-22,25,33,38H,2-6,10,17-20,23-24H2,1H3. The summed E-state index contributed by atoms with van der Waals surface area (Å²) in [5.74, 6) is 1.02. The Morgan fingerprint density at radius 2 is 1.73 bits per heavy atom. The van der Waals surface area contributed by atoms with Crippen LogP contribution in [0, 0.1) is 5.92 Å². The number of nitrogens with zero attached hydrogens (tertiary/aromatic N) is 1. The lowest BCUT2D eigenvalue weighted by atomic mass is 9.96. The average molecular weight is 583 g/mol. The highest BCUT2D eigenvalue weighted by Crippen LogP contribution is 2.28. The molecule has 1 N–H and O–H groups in total. The number of piperidine rings is 1. The van der Waals surface area contributed by atoms with Crippen LogP contribution in [0.15, 0.2) is 66.7 Å². The first-order valence-corrected chi connectivity index (χ1v) is 15.4. The normalized spacial score (nSPS) is 15.2. The Bertz CT molecular complexity index is 1220. The number of hydrogen-bond donors (Lipinski definition) is 1. The summed E-state index contributed by atoms with van der Waals surface area (Å²) >= 11 is 12.4. The molecule has 0 spiro atoms. The van der Waals surface area contributed by atoms with Crippen LogP contribution in [0.5, 0.6) is 5.75 Å². The van der Waals surface area contributed by atoms with E-state index in [0.29, 0.717) is 39.4 Å². The number of rotatable bonds is 14. The van der Waals surface area contributed by atoms with Crippen LogP contribution in [0.4, 0.5) is 0 Å². The van der Waals surface area contributed by atoms with Gasteiger partial charge < -0.3 is 9.84 Å². The van der Waals surface area contributed by atoms with E-state index in [2.05, 4.69) is 36.1 Å². The number of benzene rings is 3. The zero-order valence-electron chi connectivity index (χ0n) is 23.5. The van der Waals surface area contributed by atoms with Gasteiger partial charge in [-0.05, 0) is 91.9 Å². The third kappa shape index (κ3) is 9.07. The Balaban J connectivity index is 1.20. The van der Waals surface area contributed by atoms with Crippen LogP contribution in [0.25, 0.3) is 0 Å². The number of ketones is 1. The van der Waals surface area contributed by atoms with Gasteiger partial charge in [0.05, 0.1) is 17.7 Å². The molecular weight excluding hydrogens is 541 g/mol. The van der Waals surface area contributed by atoms with Crippen LogP contribution < -0.4 is 4.74 Å². The molecule has 1 aliphatic rings. The molecule has 4 nitrogen and oxygen atoms in total. The molecule has 0 radical (unpaired) electrons. The largest absolute Gasteiger partial charge is 0.493 e. The molecule has 6 heteroatoms. The molecule has 40 heavy (non-hydrogen) atoms. The number of unbranched alkanes of at least 4 members (excludes halogenated alkanes) is 4. The van der Waals surface area contributed by atoms with Crippen molar-refractivity contribution in [1.29, 1.82) is 0 Å². The highest BCUT2D eigenvalue weighted by atomic mass is 35.5. The van der Waals surface area contributed by atoms with Crippen LogP contribution in [-0.2, 0) is 6.54 Å². The summed E-state index contributed by atoms with van der Waals surface area (Å²) in [4.78, 5) is 15.3. The second-order valence-corrected chi connectivity index (χ2v) is 11.8. The van der Waals surface area contributed by atoms with E-state index < -0.39 is 0 Å². The number of aliphatic hydroxyl groups is 1. The van der Waals surface area contributed by atoms with E-state index in [4.69, 9.17) is 27.9 Å². The van der Waals surface area contributed by atoms with Gasteiger partial charge in [-0.2, -0.15) is 0 Å². The topological polar surface area (TPSA) is 49.8 Å². The fourth-order valence-corrected chi connectivity index (χ4v) is 5.70. The molecule has 4 rings (SSSR count). The van der Waals surface area contributed by atoms with Crippen LogP contribution in [-0.4, -0.2) is 35.5 Å². The van der Waals surface area contributed by atoms with Crippen LogP contribution in [0.1, 0.15) is 91.4 Å². The molecule has 0 aliphatic carbocycles. The molecule has 3 aromatic rings. The lowest BCUT2D eigenvalue weighted by Gasteiger charge is -2.32. The van der Waals surface area contributed by atoms with Crippen LogP contribution >= 0.6 is 23.2 Å². The molecule has 1 aliphatic heterocycles. The Labute approximate surface area is 249 Å². The van der Waals surface area contributed by atoms with Gasteiger partial charge in [0.15, 0.2) is 5.78 Å². The zero-order valence-corrected chi connectivity index (χ0v) is 25.0. The van der Waals surface area contributed by atoms with E-state index in [9.17, 15) is 9.90 Å². The van der Waals surface area contributed by atoms with Gasteiger partial charge in [0, 0.05) is 22.7 Å². The Hall–Kier alpha value is -2.37. The van der Waals surface area contributed by atoms with Gasteiger partial charge in [-0.25, -0.2) is 0 Å². The highest BCUT2D eigenvalue weighted by Gasteiger charge is 2.21. The van der Waals surface area contributed by atoms with Crippen molar-refractivity contribution in [3.8, 4) is 5.75 Å². The fourth-order valence-electron chi connectivity index (χ4n) is 5.32. The number of likely N-dealkylation sites (tertiary alicyclic amines) is 1. The fraction of sp³-hybridized carbons (Fsp3) is 0.441. The molecule has 1 fully saturated rings. The smallest absolute Gasteiger partial charge is 0.194 e. The van der Waals surface area contributed by atoms with E-state index >= 15 is 0 Å². The Morgan fingerprint density at radius 3 is 2.45 bits per heavy atom. The summed E-state index contributed by atoms with van der Waals surface area (Å²) in [6.07, 6.45) is 8.67. The number of ether oxygens (including phenoxy) is 1. The first kappa shape index (κ1) is 30.6. The predicted octanol–water partition coefficient (Wildman–Crippen LogP) is 8.91. The molecule has 0 saturated carbocycles. The summed E-state index contributed by atoms with van der Waals surface area (Å²) in [5.41, 5.74) is 3.30. The maximum Gasteiger partial charge on any atom is 0.194 e. The van der Waals surface area contributed by atoms with Crippen molar-refractivity contribution in [3.05, 3.63) is 99.0 Å². The van der Waals surface area contributed by atoms with Crippen LogP contribution in [0.2, 0.25) is 10.0 Å².